The molecule has 0 N–H and O–H groups in total. The van der Waals surface area contributed by atoms with Crippen LogP contribution in [0.25, 0.3) is 0 Å². The fraction of sp³-hybridized carbons (Fsp3) is 0.312. The van der Waals surface area contributed by atoms with Crippen molar-refractivity contribution < 1.29 is 8.78 Å². The van der Waals surface area contributed by atoms with Crippen molar-refractivity contribution in [1.82, 2.24) is 9.47 Å². The molecule has 1 atom stereocenters. The molecule has 0 aliphatic rings. The summed E-state index contributed by atoms with van der Waals surface area (Å²) in [7, 11) is 1.60. The smallest absolute Gasteiger partial charge is 0.252 e. The van der Waals surface area contributed by atoms with Crippen molar-refractivity contribution in [1.29, 1.82) is 0 Å². The van der Waals surface area contributed by atoms with Gasteiger partial charge in [0.1, 0.15) is 0 Å². The fourth-order valence-electron chi connectivity index (χ4n) is 2.40. The van der Waals surface area contributed by atoms with Gasteiger partial charge in [-0.1, -0.05) is 39.7 Å². The highest BCUT2D eigenvalue weighted by molar-refractivity contribution is 9.10. The first-order valence-corrected chi connectivity index (χ1v) is 8.14. The van der Waals surface area contributed by atoms with E-state index in [1.54, 1.807) is 37.5 Å². The van der Waals surface area contributed by atoms with E-state index in [9.17, 15) is 13.6 Å². The van der Waals surface area contributed by atoms with Gasteiger partial charge in [-0.05, 0) is 30.8 Å². The van der Waals surface area contributed by atoms with Crippen LogP contribution < -0.4 is 5.56 Å². The molecule has 0 aliphatic heterocycles. The van der Waals surface area contributed by atoms with Gasteiger partial charge < -0.3 is 4.57 Å². The van der Waals surface area contributed by atoms with Crippen LogP contribution in [-0.4, -0.2) is 36.0 Å². The lowest BCUT2D eigenvalue weighted by Gasteiger charge is -2.26. The van der Waals surface area contributed by atoms with Crippen LogP contribution in [0.15, 0.2) is 51.9 Å². The van der Waals surface area contributed by atoms with Gasteiger partial charge in [-0.15, -0.1) is 0 Å². The second-order valence-electron chi connectivity index (χ2n) is 5.27. The predicted octanol–water partition coefficient (Wildman–Crippen LogP) is 4.05. The molecule has 0 saturated heterocycles. The summed E-state index contributed by atoms with van der Waals surface area (Å²) >= 11 is 9.29. The molecule has 0 fully saturated rings. The number of halogens is 4. The van der Waals surface area contributed by atoms with Crippen LogP contribution in [0.2, 0.25) is 5.02 Å². The molecule has 1 aromatic carbocycles. The van der Waals surface area contributed by atoms with Gasteiger partial charge in [0.05, 0.1) is 12.6 Å². The Kier molecular flexibility index (Phi) is 6.33. The first kappa shape index (κ1) is 18.1. The quantitative estimate of drug-likeness (QED) is 0.724. The molecular formula is C16H16BrClF2N2O. The number of hydrogen-bond donors (Lipinski definition) is 0. The number of pyridine rings is 1. The van der Waals surface area contributed by atoms with Crippen LogP contribution in [0.4, 0.5) is 8.78 Å². The SMILES string of the molecule is CN(CC(F)F)CC(c1cccc(Cl)c1)n1ccc(Br)cc1=O. The van der Waals surface area contributed by atoms with E-state index in [0.717, 1.165) is 5.56 Å². The standard InChI is InChI=1S/C16H16BrClF2N2O/c1-21(10-15(19)20)9-14(11-3-2-4-13(18)7-11)22-6-5-12(17)8-16(22)23/h2-8,14-15H,9-10H2,1H3. The Morgan fingerprint density at radius 3 is 2.61 bits per heavy atom. The maximum Gasteiger partial charge on any atom is 0.252 e. The number of alkyl halides is 2. The largest absolute Gasteiger partial charge is 0.307 e. The summed E-state index contributed by atoms with van der Waals surface area (Å²) in [4.78, 5) is 13.8. The highest BCUT2D eigenvalue weighted by Crippen LogP contribution is 2.22. The molecule has 7 heteroatoms. The van der Waals surface area contributed by atoms with Crippen molar-refractivity contribution in [2.75, 3.05) is 20.1 Å². The summed E-state index contributed by atoms with van der Waals surface area (Å²) in [6.45, 7) is -0.0887. The molecule has 0 amide bonds. The highest BCUT2D eigenvalue weighted by atomic mass is 79.9. The zero-order valence-electron chi connectivity index (χ0n) is 12.4. The summed E-state index contributed by atoms with van der Waals surface area (Å²) < 4.78 is 27.4. The number of benzene rings is 1. The average Bonchev–Trinajstić information content (AvgIpc) is 2.44. The van der Waals surface area contributed by atoms with Crippen molar-refractivity contribution in [3.05, 3.63) is 68.0 Å². The van der Waals surface area contributed by atoms with E-state index in [2.05, 4.69) is 15.9 Å². The zero-order valence-corrected chi connectivity index (χ0v) is 14.8. The Bertz CT molecular complexity index is 723. The van der Waals surface area contributed by atoms with Crippen LogP contribution in [-0.2, 0) is 0 Å². The van der Waals surface area contributed by atoms with Crippen molar-refractivity contribution in [2.24, 2.45) is 0 Å². The fourth-order valence-corrected chi connectivity index (χ4v) is 2.91. The first-order chi connectivity index (χ1) is 10.9. The molecule has 0 radical (unpaired) electrons. The van der Waals surface area contributed by atoms with Crippen molar-refractivity contribution in [2.45, 2.75) is 12.5 Å². The third kappa shape index (κ3) is 5.12. The van der Waals surface area contributed by atoms with E-state index in [1.165, 1.54) is 15.5 Å². The van der Waals surface area contributed by atoms with Crippen LogP contribution in [0.5, 0.6) is 0 Å². The van der Waals surface area contributed by atoms with E-state index in [4.69, 9.17) is 11.6 Å². The Morgan fingerprint density at radius 2 is 2.00 bits per heavy atom. The Hall–Kier alpha value is -1.24. The number of nitrogens with zero attached hydrogens (tertiary/aromatic N) is 2. The minimum atomic E-state index is -2.43. The molecule has 2 rings (SSSR count). The zero-order chi connectivity index (χ0) is 17.0. The Morgan fingerprint density at radius 1 is 1.26 bits per heavy atom. The predicted molar refractivity (Wildman–Crippen MR) is 91.5 cm³/mol. The topological polar surface area (TPSA) is 25.2 Å². The second kappa shape index (κ2) is 8.04. The van der Waals surface area contributed by atoms with Crippen LogP contribution in [0.3, 0.4) is 0 Å². The van der Waals surface area contributed by atoms with Gasteiger partial charge in [0, 0.05) is 28.3 Å². The van der Waals surface area contributed by atoms with Gasteiger partial charge >= 0.3 is 0 Å². The summed E-state index contributed by atoms with van der Waals surface area (Å²) in [6.07, 6.45) is -0.782. The molecule has 0 aliphatic carbocycles. The van der Waals surface area contributed by atoms with Crippen molar-refractivity contribution in [3.8, 4) is 0 Å². The van der Waals surface area contributed by atoms with E-state index < -0.39 is 12.5 Å². The molecule has 1 unspecified atom stereocenters. The molecule has 2 aromatic rings. The number of aromatic nitrogens is 1. The van der Waals surface area contributed by atoms with Gasteiger partial charge in [-0.3, -0.25) is 9.69 Å². The average molecular weight is 406 g/mol. The van der Waals surface area contributed by atoms with E-state index >= 15 is 0 Å². The summed E-state index contributed by atoms with van der Waals surface area (Å²) in [5.41, 5.74) is 0.581. The monoisotopic (exact) mass is 404 g/mol. The van der Waals surface area contributed by atoms with Gasteiger partial charge in [-0.2, -0.15) is 0 Å². The minimum absolute atomic E-state index is 0.213. The van der Waals surface area contributed by atoms with Crippen LogP contribution >= 0.6 is 27.5 Å². The number of hydrogen-bond acceptors (Lipinski definition) is 2. The number of rotatable bonds is 6. The molecule has 23 heavy (non-hydrogen) atoms. The molecule has 1 aromatic heterocycles. The third-order valence-corrected chi connectivity index (χ3v) is 4.14. The molecule has 0 spiro atoms. The molecule has 0 saturated carbocycles. The molecule has 124 valence electrons. The van der Waals surface area contributed by atoms with E-state index in [1.807, 2.05) is 6.07 Å². The first-order valence-electron chi connectivity index (χ1n) is 6.96. The van der Waals surface area contributed by atoms with E-state index in [-0.39, 0.29) is 18.6 Å². The molecular weight excluding hydrogens is 390 g/mol. The maximum atomic E-state index is 12.6. The van der Waals surface area contributed by atoms with Crippen LogP contribution in [0.1, 0.15) is 11.6 Å². The summed E-state index contributed by atoms with van der Waals surface area (Å²) in [5.74, 6) is 0. The molecule has 0 bridgehead atoms. The lowest BCUT2D eigenvalue weighted by molar-refractivity contribution is 0.0959. The summed E-state index contributed by atoms with van der Waals surface area (Å²) in [5, 5.41) is 0.536. The molecule has 1 heterocycles. The molecule has 3 nitrogen and oxygen atoms in total. The minimum Gasteiger partial charge on any atom is -0.307 e. The third-order valence-electron chi connectivity index (χ3n) is 3.41. The highest BCUT2D eigenvalue weighted by Gasteiger charge is 2.19. The Balaban J connectivity index is 2.40. The van der Waals surface area contributed by atoms with Gasteiger partial charge in [0.2, 0.25) is 0 Å². The van der Waals surface area contributed by atoms with Crippen molar-refractivity contribution in [3.63, 3.8) is 0 Å². The van der Waals surface area contributed by atoms with Gasteiger partial charge in [0.25, 0.3) is 12.0 Å². The normalized spacial score (nSPS) is 12.8. The lowest BCUT2D eigenvalue weighted by Crippen LogP contribution is -2.35. The second-order valence-corrected chi connectivity index (χ2v) is 6.63. The van der Waals surface area contributed by atoms with Gasteiger partial charge in [0.15, 0.2) is 0 Å². The summed E-state index contributed by atoms with van der Waals surface area (Å²) in [6, 6.07) is 9.88. The lowest BCUT2D eigenvalue weighted by atomic mass is 10.1. The Labute approximate surface area is 146 Å². The van der Waals surface area contributed by atoms with Crippen LogP contribution in [0, 0.1) is 0 Å². The van der Waals surface area contributed by atoms with Gasteiger partial charge in [-0.25, -0.2) is 8.78 Å². The number of likely N-dealkylation sites (N-methyl/N-ethyl adjacent to an activating group) is 1. The maximum absolute atomic E-state index is 12.6. The van der Waals surface area contributed by atoms with Crippen molar-refractivity contribution >= 4 is 27.5 Å². The van der Waals surface area contributed by atoms with E-state index in [0.29, 0.717) is 9.50 Å².